The van der Waals surface area contributed by atoms with Gasteiger partial charge in [0.05, 0.1) is 19.1 Å². The Bertz CT molecular complexity index is 584. The van der Waals surface area contributed by atoms with Gasteiger partial charge >= 0.3 is 0 Å². The third kappa shape index (κ3) is 2.81. The van der Waals surface area contributed by atoms with Crippen LogP contribution in [0.25, 0.3) is 6.08 Å². The van der Waals surface area contributed by atoms with Crippen molar-refractivity contribution in [3.8, 4) is 11.5 Å². The zero-order valence-electron chi connectivity index (χ0n) is 11.5. The fourth-order valence-corrected chi connectivity index (χ4v) is 3.25. The van der Waals surface area contributed by atoms with Crippen molar-refractivity contribution < 1.29 is 14.3 Å². The largest absolute Gasteiger partial charge is 0.493 e. The zero-order chi connectivity index (χ0) is 14.7. The molecule has 0 N–H and O–H groups in total. The van der Waals surface area contributed by atoms with Gasteiger partial charge in [0.15, 0.2) is 11.5 Å². The van der Waals surface area contributed by atoms with Crippen molar-refractivity contribution in [1.82, 2.24) is 4.90 Å². The summed E-state index contributed by atoms with van der Waals surface area (Å²) in [7, 11) is 3.17. The smallest absolute Gasteiger partial charge is 0.266 e. The molecule has 0 atom stereocenters. The summed E-state index contributed by atoms with van der Waals surface area (Å²) < 4.78 is 11.0. The summed E-state index contributed by atoms with van der Waals surface area (Å²) in [6, 6.07) is 5.52. The Morgan fingerprint density at radius 2 is 2.00 bits per heavy atom. The zero-order valence-corrected chi connectivity index (χ0v) is 13.1. The van der Waals surface area contributed by atoms with Crippen molar-refractivity contribution >= 4 is 40.3 Å². The molecule has 0 saturated carbocycles. The normalized spacial score (nSPS) is 16.9. The van der Waals surface area contributed by atoms with E-state index in [0.29, 0.717) is 27.3 Å². The van der Waals surface area contributed by atoms with Gasteiger partial charge in [-0.05, 0) is 30.7 Å². The molecule has 1 heterocycles. The fraction of sp³-hybridized carbons (Fsp3) is 0.286. The number of hydrogen-bond donors (Lipinski definition) is 0. The summed E-state index contributed by atoms with van der Waals surface area (Å²) in [6.07, 6.45) is 1.82. The highest BCUT2D eigenvalue weighted by molar-refractivity contribution is 8.26. The van der Waals surface area contributed by atoms with Crippen molar-refractivity contribution in [2.75, 3.05) is 20.8 Å². The van der Waals surface area contributed by atoms with Crippen molar-refractivity contribution in [2.45, 2.75) is 6.92 Å². The Kier molecular flexibility index (Phi) is 4.67. The topological polar surface area (TPSA) is 38.8 Å². The number of nitrogens with zero attached hydrogens (tertiary/aromatic N) is 1. The number of thioether (sulfide) groups is 1. The molecule has 1 saturated heterocycles. The first-order valence-electron chi connectivity index (χ1n) is 6.08. The second kappa shape index (κ2) is 6.28. The first kappa shape index (κ1) is 14.9. The van der Waals surface area contributed by atoms with E-state index < -0.39 is 0 Å². The van der Waals surface area contributed by atoms with Gasteiger partial charge in [0.1, 0.15) is 4.32 Å². The minimum Gasteiger partial charge on any atom is -0.493 e. The van der Waals surface area contributed by atoms with Gasteiger partial charge in [-0.2, -0.15) is 0 Å². The lowest BCUT2D eigenvalue weighted by Gasteiger charge is -2.09. The Balaban J connectivity index is 2.32. The van der Waals surface area contributed by atoms with Crippen molar-refractivity contribution in [3.63, 3.8) is 0 Å². The Labute approximate surface area is 127 Å². The molecule has 6 heteroatoms. The van der Waals surface area contributed by atoms with E-state index in [2.05, 4.69) is 0 Å². The SMILES string of the molecule is CCN1C(=O)C(=Cc2ccc(OC)c(OC)c2)SC1=S. The molecule has 0 radical (unpaired) electrons. The van der Waals surface area contributed by atoms with Gasteiger partial charge in [0.25, 0.3) is 5.91 Å². The molecular weight excluding hydrogens is 294 g/mol. The van der Waals surface area contributed by atoms with Gasteiger partial charge in [-0.15, -0.1) is 0 Å². The van der Waals surface area contributed by atoms with E-state index >= 15 is 0 Å². The number of methoxy groups -OCH3 is 2. The number of likely N-dealkylation sites (N-methyl/N-ethyl adjacent to an activating group) is 1. The number of rotatable bonds is 4. The number of amides is 1. The van der Waals surface area contributed by atoms with Crippen LogP contribution >= 0.6 is 24.0 Å². The standard InChI is InChI=1S/C14H15NO3S2/c1-4-15-13(16)12(20-14(15)19)8-9-5-6-10(17-2)11(7-9)18-3/h5-8H,4H2,1-3H3. The highest BCUT2D eigenvalue weighted by Gasteiger charge is 2.30. The molecule has 0 spiro atoms. The van der Waals surface area contributed by atoms with Crippen LogP contribution in [0.5, 0.6) is 11.5 Å². The molecule has 0 bridgehead atoms. The van der Waals surface area contributed by atoms with Crippen LogP contribution in [-0.2, 0) is 4.79 Å². The molecule has 2 rings (SSSR count). The summed E-state index contributed by atoms with van der Waals surface area (Å²) in [6.45, 7) is 2.50. The molecule has 1 aliphatic heterocycles. The van der Waals surface area contributed by atoms with Crippen molar-refractivity contribution in [3.05, 3.63) is 28.7 Å². The van der Waals surface area contributed by atoms with Crippen LogP contribution in [0.3, 0.4) is 0 Å². The van der Waals surface area contributed by atoms with E-state index in [1.807, 2.05) is 31.2 Å². The predicted molar refractivity (Wildman–Crippen MR) is 85.1 cm³/mol. The van der Waals surface area contributed by atoms with E-state index in [1.54, 1.807) is 19.1 Å². The van der Waals surface area contributed by atoms with Gasteiger partial charge in [-0.25, -0.2) is 0 Å². The Morgan fingerprint density at radius 1 is 1.30 bits per heavy atom. The average Bonchev–Trinajstić information content (AvgIpc) is 2.72. The quantitative estimate of drug-likeness (QED) is 0.631. The number of carbonyl (C=O) groups excluding carboxylic acids is 1. The van der Waals surface area contributed by atoms with Crippen molar-refractivity contribution in [1.29, 1.82) is 0 Å². The van der Waals surface area contributed by atoms with Gasteiger partial charge in [-0.1, -0.05) is 30.0 Å². The molecule has 1 amide bonds. The summed E-state index contributed by atoms with van der Waals surface area (Å²) in [5.74, 6) is 1.25. The minimum atomic E-state index is -0.0442. The van der Waals surface area contributed by atoms with Gasteiger partial charge in [0.2, 0.25) is 0 Å². The lowest BCUT2D eigenvalue weighted by Crippen LogP contribution is -2.27. The van der Waals surface area contributed by atoms with Crippen LogP contribution in [-0.4, -0.2) is 35.9 Å². The maximum absolute atomic E-state index is 12.1. The molecule has 1 aromatic rings. The predicted octanol–water partition coefficient (Wildman–Crippen LogP) is 2.92. The molecule has 1 aromatic carbocycles. The summed E-state index contributed by atoms with van der Waals surface area (Å²) in [4.78, 5) is 14.3. The summed E-state index contributed by atoms with van der Waals surface area (Å²) in [5, 5.41) is 0. The van der Waals surface area contributed by atoms with Crippen LogP contribution in [0.4, 0.5) is 0 Å². The minimum absolute atomic E-state index is 0.0442. The summed E-state index contributed by atoms with van der Waals surface area (Å²) >= 11 is 6.50. The molecule has 1 aliphatic rings. The molecule has 4 nitrogen and oxygen atoms in total. The van der Waals surface area contributed by atoms with E-state index in [0.717, 1.165) is 5.56 Å². The van der Waals surface area contributed by atoms with Gasteiger partial charge in [-0.3, -0.25) is 9.69 Å². The van der Waals surface area contributed by atoms with Crippen LogP contribution in [0, 0.1) is 0 Å². The maximum Gasteiger partial charge on any atom is 0.266 e. The van der Waals surface area contributed by atoms with Crippen LogP contribution in [0.2, 0.25) is 0 Å². The third-order valence-corrected chi connectivity index (χ3v) is 4.27. The molecule has 0 unspecified atom stereocenters. The van der Waals surface area contributed by atoms with Crippen molar-refractivity contribution in [2.24, 2.45) is 0 Å². The molecule has 0 aromatic heterocycles. The highest BCUT2D eigenvalue weighted by atomic mass is 32.2. The number of benzene rings is 1. The van der Waals surface area contributed by atoms with Crippen LogP contribution in [0.1, 0.15) is 12.5 Å². The lowest BCUT2D eigenvalue weighted by molar-refractivity contribution is -0.121. The van der Waals surface area contributed by atoms with Crippen LogP contribution in [0.15, 0.2) is 23.1 Å². The van der Waals surface area contributed by atoms with Gasteiger partial charge in [0, 0.05) is 6.54 Å². The average molecular weight is 309 g/mol. The number of ether oxygens (including phenoxy) is 2. The second-order valence-electron chi connectivity index (χ2n) is 4.04. The Hall–Kier alpha value is -1.53. The van der Waals surface area contributed by atoms with E-state index in [-0.39, 0.29) is 5.91 Å². The van der Waals surface area contributed by atoms with E-state index in [4.69, 9.17) is 21.7 Å². The third-order valence-electron chi connectivity index (χ3n) is 2.90. The molecule has 106 valence electrons. The Morgan fingerprint density at radius 3 is 2.55 bits per heavy atom. The fourth-order valence-electron chi connectivity index (χ4n) is 1.87. The maximum atomic E-state index is 12.1. The number of thiocarbonyl (C=S) groups is 1. The molecule has 1 fully saturated rings. The number of carbonyl (C=O) groups is 1. The number of hydrogen-bond acceptors (Lipinski definition) is 5. The monoisotopic (exact) mass is 309 g/mol. The molecule has 20 heavy (non-hydrogen) atoms. The van der Waals surface area contributed by atoms with Crippen LogP contribution < -0.4 is 9.47 Å². The first-order valence-corrected chi connectivity index (χ1v) is 7.30. The second-order valence-corrected chi connectivity index (χ2v) is 5.72. The lowest BCUT2D eigenvalue weighted by atomic mass is 10.2. The summed E-state index contributed by atoms with van der Waals surface area (Å²) in [5.41, 5.74) is 0.874. The first-order chi connectivity index (χ1) is 9.60. The van der Waals surface area contributed by atoms with E-state index in [1.165, 1.54) is 11.8 Å². The van der Waals surface area contributed by atoms with E-state index in [9.17, 15) is 4.79 Å². The molecular formula is C14H15NO3S2. The highest BCUT2D eigenvalue weighted by Crippen LogP contribution is 2.34. The van der Waals surface area contributed by atoms with Gasteiger partial charge < -0.3 is 9.47 Å². The molecule has 0 aliphatic carbocycles.